The van der Waals surface area contributed by atoms with Gasteiger partial charge < -0.3 is 15.5 Å². The summed E-state index contributed by atoms with van der Waals surface area (Å²) in [7, 11) is -1.65. The maximum Gasteiger partial charge on any atom is 0.256 e. The highest BCUT2D eigenvalue weighted by Crippen LogP contribution is 2.20. The molecule has 8 heteroatoms. The SMILES string of the molecule is CC(C)CNS(=O)(=O)c1ccc(N)c(C(=O)N2CCN(C)CC2)c1. The summed E-state index contributed by atoms with van der Waals surface area (Å²) >= 11 is 0. The zero-order valence-corrected chi connectivity index (χ0v) is 15.3. The van der Waals surface area contributed by atoms with Crippen LogP contribution in [0.15, 0.2) is 23.1 Å². The lowest BCUT2D eigenvalue weighted by Gasteiger charge is -2.32. The molecule has 0 unspecified atom stereocenters. The summed E-state index contributed by atoms with van der Waals surface area (Å²) < 4.78 is 27.3. The van der Waals surface area contributed by atoms with Crippen LogP contribution in [0.3, 0.4) is 0 Å². The van der Waals surface area contributed by atoms with Gasteiger partial charge in [0.15, 0.2) is 0 Å². The lowest BCUT2D eigenvalue weighted by Crippen LogP contribution is -2.47. The predicted octanol–water partition coefficient (Wildman–Crippen LogP) is 0.591. The molecule has 0 spiro atoms. The van der Waals surface area contributed by atoms with Crippen LogP contribution in [-0.4, -0.2) is 63.9 Å². The van der Waals surface area contributed by atoms with Crippen molar-refractivity contribution in [3.63, 3.8) is 0 Å². The first-order valence-corrected chi connectivity index (χ1v) is 9.56. The Balaban J connectivity index is 2.23. The summed E-state index contributed by atoms with van der Waals surface area (Å²) in [5.41, 5.74) is 6.45. The first kappa shape index (κ1) is 18.7. The van der Waals surface area contributed by atoms with Crippen LogP contribution in [0, 0.1) is 5.92 Å². The maximum absolute atomic E-state index is 12.7. The monoisotopic (exact) mass is 354 g/mol. The van der Waals surface area contributed by atoms with E-state index in [-0.39, 0.29) is 22.3 Å². The summed E-state index contributed by atoms with van der Waals surface area (Å²) in [4.78, 5) is 16.6. The van der Waals surface area contributed by atoms with E-state index >= 15 is 0 Å². The van der Waals surface area contributed by atoms with Crippen molar-refractivity contribution in [1.82, 2.24) is 14.5 Å². The number of carbonyl (C=O) groups excluding carboxylic acids is 1. The molecular formula is C16H26N4O3S. The minimum absolute atomic E-state index is 0.0647. The number of nitrogens with one attached hydrogen (secondary N) is 1. The fraction of sp³-hybridized carbons (Fsp3) is 0.562. The van der Waals surface area contributed by atoms with E-state index < -0.39 is 10.0 Å². The van der Waals surface area contributed by atoms with E-state index in [0.717, 1.165) is 13.1 Å². The van der Waals surface area contributed by atoms with Gasteiger partial charge in [0.2, 0.25) is 10.0 Å². The molecule has 134 valence electrons. The second kappa shape index (κ2) is 7.50. The van der Waals surface area contributed by atoms with Gasteiger partial charge in [-0.1, -0.05) is 13.8 Å². The molecule has 2 rings (SSSR count). The lowest BCUT2D eigenvalue weighted by molar-refractivity contribution is 0.0665. The molecule has 3 N–H and O–H groups in total. The van der Waals surface area contributed by atoms with Gasteiger partial charge in [0.05, 0.1) is 10.5 Å². The van der Waals surface area contributed by atoms with Crippen molar-refractivity contribution in [3.05, 3.63) is 23.8 Å². The molecule has 1 amide bonds. The molecule has 1 aliphatic heterocycles. The van der Waals surface area contributed by atoms with Crippen LogP contribution in [0.25, 0.3) is 0 Å². The number of anilines is 1. The Labute approximate surface area is 143 Å². The van der Waals surface area contributed by atoms with Gasteiger partial charge in [0, 0.05) is 38.4 Å². The third-order valence-corrected chi connectivity index (χ3v) is 5.46. The number of rotatable bonds is 5. The summed E-state index contributed by atoms with van der Waals surface area (Å²) in [5.74, 6) is -0.0264. The summed E-state index contributed by atoms with van der Waals surface area (Å²) in [6.45, 7) is 6.99. The Hall–Kier alpha value is -1.64. The summed E-state index contributed by atoms with van der Waals surface area (Å²) in [6, 6.07) is 4.28. The topological polar surface area (TPSA) is 95.7 Å². The number of hydrogen-bond donors (Lipinski definition) is 2. The fourth-order valence-electron chi connectivity index (χ4n) is 2.43. The van der Waals surface area contributed by atoms with Crippen LogP contribution >= 0.6 is 0 Å². The number of likely N-dealkylation sites (N-methyl/N-ethyl adjacent to an activating group) is 1. The Kier molecular flexibility index (Phi) is 5.84. The van der Waals surface area contributed by atoms with Gasteiger partial charge in [0.1, 0.15) is 0 Å². The molecule has 1 aliphatic rings. The normalized spacial score (nSPS) is 16.6. The van der Waals surface area contributed by atoms with E-state index in [1.54, 1.807) is 4.90 Å². The van der Waals surface area contributed by atoms with E-state index in [4.69, 9.17) is 5.73 Å². The van der Waals surface area contributed by atoms with Crippen LogP contribution in [0.2, 0.25) is 0 Å². The summed E-state index contributed by atoms with van der Waals surface area (Å²) in [5, 5.41) is 0. The standard InChI is InChI=1S/C16H26N4O3S/c1-12(2)11-18-24(22,23)13-4-5-15(17)14(10-13)16(21)20-8-6-19(3)7-9-20/h4-5,10,12,18H,6-9,11,17H2,1-3H3. The molecule has 0 saturated carbocycles. The lowest BCUT2D eigenvalue weighted by atomic mass is 10.1. The number of benzene rings is 1. The number of hydrogen-bond acceptors (Lipinski definition) is 5. The predicted molar refractivity (Wildman–Crippen MR) is 94.3 cm³/mol. The Bertz CT molecular complexity index is 695. The molecule has 1 heterocycles. The highest BCUT2D eigenvalue weighted by Gasteiger charge is 2.24. The van der Waals surface area contributed by atoms with Gasteiger partial charge in [-0.15, -0.1) is 0 Å². The Morgan fingerprint density at radius 3 is 2.46 bits per heavy atom. The Morgan fingerprint density at radius 1 is 1.25 bits per heavy atom. The molecule has 1 saturated heterocycles. The van der Waals surface area contributed by atoms with E-state index in [9.17, 15) is 13.2 Å². The minimum atomic E-state index is -3.65. The van der Waals surface area contributed by atoms with Crippen molar-refractivity contribution in [2.24, 2.45) is 5.92 Å². The van der Waals surface area contributed by atoms with Gasteiger partial charge in [-0.05, 0) is 31.2 Å². The molecule has 0 bridgehead atoms. The van der Waals surface area contributed by atoms with Crippen LogP contribution < -0.4 is 10.5 Å². The maximum atomic E-state index is 12.7. The third-order valence-electron chi connectivity index (χ3n) is 4.04. The quantitative estimate of drug-likeness (QED) is 0.755. The first-order chi connectivity index (χ1) is 11.2. The highest BCUT2D eigenvalue weighted by molar-refractivity contribution is 7.89. The molecule has 1 fully saturated rings. The molecule has 0 aromatic heterocycles. The molecular weight excluding hydrogens is 328 g/mol. The molecule has 0 atom stereocenters. The second-order valence-electron chi connectivity index (χ2n) is 6.59. The van der Waals surface area contributed by atoms with Gasteiger partial charge >= 0.3 is 0 Å². The first-order valence-electron chi connectivity index (χ1n) is 8.07. The molecule has 24 heavy (non-hydrogen) atoms. The molecule has 7 nitrogen and oxygen atoms in total. The largest absolute Gasteiger partial charge is 0.398 e. The van der Waals surface area contributed by atoms with Gasteiger partial charge in [-0.2, -0.15) is 0 Å². The number of carbonyl (C=O) groups is 1. The van der Waals surface area contributed by atoms with Crippen molar-refractivity contribution in [1.29, 1.82) is 0 Å². The molecule has 1 aromatic carbocycles. The van der Waals surface area contributed by atoms with Crippen LogP contribution in [0.4, 0.5) is 5.69 Å². The fourth-order valence-corrected chi connectivity index (χ4v) is 3.67. The number of nitrogens with two attached hydrogens (primary N) is 1. The number of amides is 1. The van der Waals surface area contributed by atoms with Gasteiger partial charge in [-0.25, -0.2) is 13.1 Å². The zero-order valence-electron chi connectivity index (χ0n) is 14.4. The minimum Gasteiger partial charge on any atom is -0.398 e. The molecule has 0 aliphatic carbocycles. The van der Waals surface area contributed by atoms with Crippen LogP contribution in [0.1, 0.15) is 24.2 Å². The van der Waals surface area contributed by atoms with Crippen molar-refractivity contribution in [2.75, 3.05) is 45.5 Å². The second-order valence-corrected chi connectivity index (χ2v) is 8.36. The van der Waals surface area contributed by atoms with Crippen molar-refractivity contribution in [3.8, 4) is 0 Å². The smallest absolute Gasteiger partial charge is 0.256 e. The average Bonchev–Trinajstić information content (AvgIpc) is 2.53. The van der Waals surface area contributed by atoms with Crippen LogP contribution in [-0.2, 0) is 10.0 Å². The molecule has 1 aromatic rings. The number of piperazine rings is 1. The average molecular weight is 354 g/mol. The van der Waals surface area contributed by atoms with Crippen molar-refractivity contribution in [2.45, 2.75) is 18.7 Å². The highest BCUT2D eigenvalue weighted by atomic mass is 32.2. The summed E-state index contributed by atoms with van der Waals surface area (Å²) in [6.07, 6.45) is 0. The molecule has 0 radical (unpaired) electrons. The van der Waals surface area contributed by atoms with E-state index in [0.29, 0.717) is 25.3 Å². The van der Waals surface area contributed by atoms with Crippen molar-refractivity contribution < 1.29 is 13.2 Å². The third kappa shape index (κ3) is 4.46. The van der Waals surface area contributed by atoms with E-state index in [1.165, 1.54) is 18.2 Å². The Morgan fingerprint density at radius 2 is 1.88 bits per heavy atom. The zero-order chi connectivity index (χ0) is 17.9. The van der Waals surface area contributed by atoms with Crippen molar-refractivity contribution >= 4 is 21.6 Å². The number of nitrogens with zero attached hydrogens (tertiary/aromatic N) is 2. The van der Waals surface area contributed by atoms with Gasteiger partial charge in [0.25, 0.3) is 5.91 Å². The number of nitrogen functional groups attached to an aromatic ring is 1. The van der Waals surface area contributed by atoms with E-state index in [2.05, 4.69) is 9.62 Å². The van der Waals surface area contributed by atoms with Gasteiger partial charge in [-0.3, -0.25) is 4.79 Å². The number of sulfonamides is 1. The van der Waals surface area contributed by atoms with E-state index in [1.807, 2.05) is 20.9 Å². The van der Waals surface area contributed by atoms with Crippen LogP contribution in [0.5, 0.6) is 0 Å².